The summed E-state index contributed by atoms with van der Waals surface area (Å²) in [6.07, 6.45) is 12.3. The Morgan fingerprint density at radius 2 is 2.28 bits per heavy atom. The maximum atomic E-state index is 11.2. The average molecular weight is 353 g/mol. The van der Waals surface area contributed by atoms with E-state index in [1.54, 1.807) is 18.3 Å². The summed E-state index contributed by atoms with van der Waals surface area (Å²) >= 11 is 1.67. The molecule has 1 fully saturated rings. The Bertz CT molecular complexity index is 811. The van der Waals surface area contributed by atoms with Crippen LogP contribution >= 0.6 is 11.3 Å². The number of carbonyl (C=O) groups is 1. The minimum absolute atomic E-state index is 0.178. The van der Waals surface area contributed by atoms with E-state index in [0.717, 1.165) is 36.8 Å². The highest BCUT2D eigenvalue weighted by molar-refractivity contribution is 7.11. The number of hydrogen-bond donors (Lipinski definition) is 0. The Hall–Kier alpha value is -1.85. The van der Waals surface area contributed by atoms with Gasteiger partial charge < -0.3 is 0 Å². The Balaban J connectivity index is 1.41. The fourth-order valence-corrected chi connectivity index (χ4v) is 4.82. The van der Waals surface area contributed by atoms with Crippen molar-refractivity contribution >= 4 is 23.2 Å². The predicted molar refractivity (Wildman–Crippen MR) is 101 cm³/mol. The molecule has 130 valence electrons. The van der Waals surface area contributed by atoms with Crippen LogP contribution in [0.15, 0.2) is 24.5 Å². The molecule has 2 aromatic rings. The Morgan fingerprint density at radius 3 is 3.16 bits per heavy atom. The van der Waals surface area contributed by atoms with Crippen molar-refractivity contribution in [3.8, 4) is 0 Å². The Labute approximate surface area is 152 Å². The largest absolute Gasteiger partial charge is 0.300 e. The molecule has 1 unspecified atom stereocenters. The normalized spacial score (nSPS) is 20.0. The van der Waals surface area contributed by atoms with Crippen molar-refractivity contribution in [3.05, 3.63) is 51.2 Å². The van der Waals surface area contributed by atoms with Gasteiger partial charge in [-0.3, -0.25) is 14.7 Å². The SMILES string of the molecule is CC(=O)Cc1ncc(CN2CCCC(c3cnc4c(c3)CC=C4)C2)s1. The molecule has 1 atom stereocenters. The van der Waals surface area contributed by atoms with Crippen LogP contribution in [-0.2, 0) is 24.2 Å². The summed E-state index contributed by atoms with van der Waals surface area (Å²) in [6.45, 7) is 4.77. The third kappa shape index (κ3) is 3.88. The van der Waals surface area contributed by atoms with Gasteiger partial charge in [0, 0.05) is 30.4 Å². The molecule has 25 heavy (non-hydrogen) atoms. The molecule has 3 heterocycles. The maximum Gasteiger partial charge on any atom is 0.136 e. The summed E-state index contributed by atoms with van der Waals surface area (Å²) in [6, 6.07) is 2.36. The number of likely N-dealkylation sites (tertiary alicyclic amines) is 1. The van der Waals surface area contributed by atoms with Gasteiger partial charge in [0.15, 0.2) is 0 Å². The van der Waals surface area contributed by atoms with Crippen LogP contribution in [0.4, 0.5) is 0 Å². The third-order valence-corrected chi connectivity index (χ3v) is 5.98. The van der Waals surface area contributed by atoms with Crippen molar-refractivity contribution < 1.29 is 4.79 Å². The van der Waals surface area contributed by atoms with Crippen LogP contribution in [0.5, 0.6) is 0 Å². The van der Waals surface area contributed by atoms with E-state index >= 15 is 0 Å². The Kier molecular flexibility index (Phi) is 4.77. The summed E-state index contributed by atoms with van der Waals surface area (Å²) in [5.74, 6) is 0.745. The highest BCUT2D eigenvalue weighted by Crippen LogP contribution is 2.30. The first kappa shape index (κ1) is 16.6. The maximum absolute atomic E-state index is 11.2. The van der Waals surface area contributed by atoms with Crippen molar-refractivity contribution in [1.29, 1.82) is 0 Å². The van der Waals surface area contributed by atoms with E-state index < -0.39 is 0 Å². The van der Waals surface area contributed by atoms with E-state index in [2.05, 4.69) is 39.3 Å². The van der Waals surface area contributed by atoms with Crippen LogP contribution < -0.4 is 0 Å². The minimum atomic E-state index is 0.178. The van der Waals surface area contributed by atoms with E-state index in [1.807, 2.05) is 6.20 Å². The summed E-state index contributed by atoms with van der Waals surface area (Å²) in [4.78, 5) is 24.0. The van der Waals surface area contributed by atoms with E-state index in [1.165, 1.54) is 28.8 Å². The molecule has 1 aliphatic heterocycles. The van der Waals surface area contributed by atoms with Crippen molar-refractivity contribution in [3.63, 3.8) is 0 Å². The van der Waals surface area contributed by atoms with Gasteiger partial charge in [-0.25, -0.2) is 4.98 Å². The standard InChI is InChI=1S/C20H23N3OS/c1-14(24)8-20-22-11-18(25-20)13-23-7-3-5-16(12-23)17-9-15-4-2-6-19(15)21-10-17/h2,6,9-11,16H,3-5,7-8,12-13H2,1H3. The van der Waals surface area contributed by atoms with E-state index in [0.29, 0.717) is 12.3 Å². The van der Waals surface area contributed by atoms with Gasteiger partial charge >= 0.3 is 0 Å². The number of hydrogen-bond acceptors (Lipinski definition) is 5. The fraction of sp³-hybridized carbons (Fsp3) is 0.450. The lowest BCUT2D eigenvalue weighted by Gasteiger charge is -2.32. The van der Waals surface area contributed by atoms with Crippen molar-refractivity contribution in [2.24, 2.45) is 0 Å². The third-order valence-electron chi connectivity index (χ3n) is 4.99. The molecule has 2 aromatic heterocycles. The molecule has 0 N–H and O–H groups in total. The second-order valence-electron chi connectivity index (χ2n) is 7.09. The number of aromatic nitrogens is 2. The summed E-state index contributed by atoms with van der Waals surface area (Å²) in [5, 5.41) is 0.936. The summed E-state index contributed by atoms with van der Waals surface area (Å²) < 4.78 is 0. The van der Waals surface area contributed by atoms with Gasteiger partial charge in [-0.1, -0.05) is 12.1 Å². The first-order valence-corrected chi connectivity index (χ1v) is 9.80. The predicted octanol–water partition coefficient (Wildman–Crippen LogP) is 3.62. The molecule has 0 saturated carbocycles. The lowest BCUT2D eigenvalue weighted by atomic mass is 9.90. The minimum Gasteiger partial charge on any atom is -0.300 e. The molecule has 0 bridgehead atoms. The zero-order valence-corrected chi connectivity index (χ0v) is 15.4. The van der Waals surface area contributed by atoms with Crippen LogP contribution in [-0.4, -0.2) is 33.7 Å². The highest BCUT2D eigenvalue weighted by atomic mass is 32.1. The topological polar surface area (TPSA) is 46.1 Å². The van der Waals surface area contributed by atoms with E-state index in [-0.39, 0.29) is 5.78 Å². The average Bonchev–Trinajstić information content (AvgIpc) is 3.23. The van der Waals surface area contributed by atoms with Crippen molar-refractivity contribution in [2.45, 2.75) is 45.1 Å². The number of rotatable bonds is 5. The first-order valence-electron chi connectivity index (χ1n) is 8.98. The summed E-state index contributed by atoms with van der Waals surface area (Å²) in [7, 11) is 0. The number of carbonyl (C=O) groups excluding carboxylic acids is 1. The number of piperidine rings is 1. The van der Waals surface area contributed by atoms with Gasteiger partial charge in [-0.15, -0.1) is 11.3 Å². The van der Waals surface area contributed by atoms with Crippen LogP contribution in [0.2, 0.25) is 0 Å². The zero-order chi connectivity index (χ0) is 17.2. The summed E-state index contributed by atoms with van der Waals surface area (Å²) in [5.41, 5.74) is 3.89. The monoisotopic (exact) mass is 353 g/mol. The van der Waals surface area contributed by atoms with Crippen molar-refractivity contribution in [1.82, 2.24) is 14.9 Å². The number of fused-ring (bicyclic) bond motifs is 1. The molecule has 5 heteroatoms. The molecular formula is C20H23N3OS. The molecule has 4 nitrogen and oxygen atoms in total. The molecule has 2 aliphatic rings. The molecule has 1 aliphatic carbocycles. The quantitative estimate of drug-likeness (QED) is 0.824. The van der Waals surface area contributed by atoms with Gasteiger partial charge in [0.2, 0.25) is 0 Å². The van der Waals surface area contributed by atoms with Gasteiger partial charge in [-0.2, -0.15) is 0 Å². The zero-order valence-electron chi connectivity index (χ0n) is 14.6. The lowest BCUT2D eigenvalue weighted by Crippen LogP contribution is -2.33. The number of nitrogens with zero attached hydrogens (tertiary/aromatic N) is 3. The number of pyridine rings is 1. The van der Waals surface area contributed by atoms with Gasteiger partial charge in [0.1, 0.15) is 10.8 Å². The number of Topliss-reactive ketones (excluding diaryl/α,β-unsaturated/α-hetero) is 1. The van der Waals surface area contributed by atoms with Gasteiger partial charge in [-0.05, 0) is 55.9 Å². The number of thiazole rings is 1. The fourth-order valence-electron chi connectivity index (χ4n) is 3.78. The van der Waals surface area contributed by atoms with Gasteiger partial charge in [0.05, 0.1) is 12.1 Å². The van der Waals surface area contributed by atoms with E-state index in [9.17, 15) is 4.79 Å². The first-order chi connectivity index (χ1) is 12.2. The second-order valence-corrected chi connectivity index (χ2v) is 8.29. The molecule has 0 radical (unpaired) electrons. The van der Waals surface area contributed by atoms with Gasteiger partial charge in [0.25, 0.3) is 0 Å². The van der Waals surface area contributed by atoms with Crippen LogP contribution in [0.25, 0.3) is 6.08 Å². The van der Waals surface area contributed by atoms with Crippen LogP contribution in [0.1, 0.15) is 52.4 Å². The molecule has 4 rings (SSSR count). The molecule has 1 saturated heterocycles. The number of allylic oxidation sites excluding steroid dienone is 1. The van der Waals surface area contributed by atoms with Crippen LogP contribution in [0, 0.1) is 0 Å². The highest BCUT2D eigenvalue weighted by Gasteiger charge is 2.23. The lowest BCUT2D eigenvalue weighted by molar-refractivity contribution is -0.116. The molecule has 0 aromatic carbocycles. The molecule has 0 spiro atoms. The van der Waals surface area contributed by atoms with Crippen molar-refractivity contribution in [2.75, 3.05) is 13.1 Å². The molecule has 0 amide bonds. The van der Waals surface area contributed by atoms with E-state index in [4.69, 9.17) is 0 Å². The van der Waals surface area contributed by atoms with Crippen LogP contribution in [0.3, 0.4) is 0 Å². The number of ketones is 1. The second kappa shape index (κ2) is 7.18. The smallest absolute Gasteiger partial charge is 0.136 e. The Morgan fingerprint density at radius 1 is 1.36 bits per heavy atom. The molecular weight excluding hydrogens is 330 g/mol.